The van der Waals surface area contributed by atoms with Crippen molar-refractivity contribution in [1.82, 2.24) is 0 Å². The first-order valence-electron chi connectivity index (χ1n) is 4.82. The van der Waals surface area contributed by atoms with E-state index >= 15 is 0 Å². The summed E-state index contributed by atoms with van der Waals surface area (Å²) < 4.78 is 9.32. The number of carbonyl (C=O) groups excluding carboxylic acids is 2. The fraction of sp³-hybridized carbons (Fsp3) is 0.455. The van der Waals surface area contributed by atoms with Crippen LogP contribution in [0.5, 0.6) is 0 Å². The van der Waals surface area contributed by atoms with E-state index in [9.17, 15) is 9.59 Å². The Bertz CT molecular complexity index is 313. The number of methoxy groups -OCH3 is 1. The van der Waals surface area contributed by atoms with Crippen LogP contribution >= 0.6 is 0 Å². The summed E-state index contributed by atoms with van der Waals surface area (Å²) in [5, 5.41) is 0. The van der Waals surface area contributed by atoms with Gasteiger partial charge in [-0.2, -0.15) is 0 Å². The average Bonchev–Trinajstić information content (AvgIpc) is 2.70. The van der Waals surface area contributed by atoms with Crippen LogP contribution in [0.1, 0.15) is 24.8 Å². The van der Waals surface area contributed by atoms with Crippen LogP contribution in [0.3, 0.4) is 0 Å². The monoisotopic (exact) mass is 210 g/mol. The zero-order valence-corrected chi connectivity index (χ0v) is 8.69. The molecule has 0 spiro atoms. The van der Waals surface area contributed by atoms with E-state index in [1.807, 2.05) is 0 Å². The van der Waals surface area contributed by atoms with Crippen molar-refractivity contribution in [1.29, 1.82) is 0 Å². The lowest BCUT2D eigenvalue weighted by molar-refractivity contribution is -0.140. The van der Waals surface area contributed by atoms with Crippen LogP contribution in [-0.4, -0.2) is 18.9 Å². The van der Waals surface area contributed by atoms with Crippen LogP contribution in [0.2, 0.25) is 0 Å². The Labute approximate surface area is 88.2 Å². The van der Waals surface area contributed by atoms with Gasteiger partial charge in [0.05, 0.1) is 19.6 Å². The highest BCUT2D eigenvalue weighted by atomic mass is 16.5. The maximum absolute atomic E-state index is 11.4. The SMILES string of the molecule is COC(=O)CCCC(=O)Cc1ccoc1. The van der Waals surface area contributed by atoms with Crippen LogP contribution in [0.4, 0.5) is 0 Å². The van der Waals surface area contributed by atoms with Gasteiger partial charge in [0.25, 0.3) is 0 Å². The highest BCUT2D eigenvalue weighted by molar-refractivity contribution is 5.81. The molecule has 0 bridgehead atoms. The summed E-state index contributed by atoms with van der Waals surface area (Å²) in [6.45, 7) is 0. The minimum atomic E-state index is -0.272. The molecule has 0 saturated carbocycles. The average molecular weight is 210 g/mol. The molecule has 0 aliphatic heterocycles. The topological polar surface area (TPSA) is 56.5 Å². The number of Topliss-reactive ketones (excluding diaryl/α,β-unsaturated/α-hetero) is 1. The molecule has 4 nitrogen and oxygen atoms in total. The summed E-state index contributed by atoms with van der Waals surface area (Å²) in [6, 6.07) is 1.76. The summed E-state index contributed by atoms with van der Waals surface area (Å²) >= 11 is 0. The molecule has 0 saturated heterocycles. The maximum Gasteiger partial charge on any atom is 0.305 e. The van der Waals surface area contributed by atoms with Crippen molar-refractivity contribution in [2.45, 2.75) is 25.7 Å². The zero-order chi connectivity index (χ0) is 11.1. The first kappa shape index (κ1) is 11.5. The molecule has 0 aromatic carbocycles. The molecule has 1 aromatic rings. The molecule has 0 amide bonds. The van der Waals surface area contributed by atoms with Gasteiger partial charge in [0.15, 0.2) is 0 Å². The molecule has 0 unspecified atom stereocenters. The Morgan fingerprint density at radius 1 is 1.40 bits per heavy atom. The van der Waals surface area contributed by atoms with Gasteiger partial charge in [-0.05, 0) is 18.1 Å². The van der Waals surface area contributed by atoms with Gasteiger partial charge in [0.2, 0.25) is 0 Å². The summed E-state index contributed by atoms with van der Waals surface area (Å²) in [4.78, 5) is 22.1. The smallest absolute Gasteiger partial charge is 0.305 e. The number of hydrogen-bond donors (Lipinski definition) is 0. The van der Waals surface area contributed by atoms with Crippen molar-refractivity contribution in [3.8, 4) is 0 Å². The lowest BCUT2D eigenvalue weighted by atomic mass is 10.1. The first-order chi connectivity index (χ1) is 7.22. The second-order valence-corrected chi connectivity index (χ2v) is 3.28. The largest absolute Gasteiger partial charge is 0.472 e. The van der Waals surface area contributed by atoms with Crippen molar-refractivity contribution in [3.63, 3.8) is 0 Å². The van der Waals surface area contributed by atoms with Crippen molar-refractivity contribution in [2.75, 3.05) is 7.11 Å². The number of carbonyl (C=O) groups is 2. The number of rotatable bonds is 6. The fourth-order valence-electron chi connectivity index (χ4n) is 1.24. The highest BCUT2D eigenvalue weighted by Gasteiger charge is 2.06. The van der Waals surface area contributed by atoms with Gasteiger partial charge in [0, 0.05) is 19.3 Å². The molecule has 0 aliphatic carbocycles. The minimum absolute atomic E-state index is 0.111. The van der Waals surface area contributed by atoms with Gasteiger partial charge >= 0.3 is 5.97 Å². The van der Waals surface area contributed by atoms with Crippen LogP contribution in [0.25, 0.3) is 0 Å². The lowest BCUT2D eigenvalue weighted by Gasteiger charge is -1.98. The quantitative estimate of drug-likeness (QED) is 0.671. The summed E-state index contributed by atoms with van der Waals surface area (Å²) in [5.74, 6) is -0.161. The van der Waals surface area contributed by atoms with Crippen molar-refractivity contribution < 1.29 is 18.7 Å². The minimum Gasteiger partial charge on any atom is -0.472 e. The second-order valence-electron chi connectivity index (χ2n) is 3.28. The molecule has 1 rings (SSSR count). The standard InChI is InChI=1S/C11H14O4/c1-14-11(13)4-2-3-10(12)7-9-5-6-15-8-9/h5-6,8H,2-4,7H2,1H3. The van der Waals surface area contributed by atoms with E-state index in [0.29, 0.717) is 25.7 Å². The van der Waals surface area contributed by atoms with E-state index < -0.39 is 0 Å². The predicted molar refractivity (Wildman–Crippen MR) is 53.3 cm³/mol. The number of ketones is 1. The Kier molecular flexibility index (Phi) is 4.60. The molecule has 0 aliphatic rings. The molecular formula is C11H14O4. The Morgan fingerprint density at radius 2 is 2.20 bits per heavy atom. The number of hydrogen-bond acceptors (Lipinski definition) is 4. The molecule has 1 aromatic heterocycles. The third kappa shape index (κ3) is 4.44. The fourth-order valence-corrected chi connectivity index (χ4v) is 1.24. The molecule has 15 heavy (non-hydrogen) atoms. The van der Waals surface area contributed by atoms with Crippen LogP contribution in [-0.2, 0) is 20.7 Å². The molecule has 0 radical (unpaired) electrons. The van der Waals surface area contributed by atoms with Crippen LogP contribution in [0, 0.1) is 0 Å². The molecule has 4 heteroatoms. The third-order valence-corrected chi connectivity index (χ3v) is 2.05. The van der Waals surface area contributed by atoms with E-state index in [-0.39, 0.29) is 11.8 Å². The highest BCUT2D eigenvalue weighted by Crippen LogP contribution is 2.05. The van der Waals surface area contributed by atoms with E-state index in [1.54, 1.807) is 12.3 Å². The van der Waals surface area contributed by atoms with Gasteiger partial charge in [0.1, 0.15) is 5.78 Å². The van der Waals surface area contributed by atoms with Crippen molar-refractivity contribution in [3.05, 3.63) is 24.2 Å². The third-order valence-electron chi connectivity index (χ3n) is 2.05. The number of ether oxygens (including phenoxy) is 1. The number of furan rings is 1. The van der Waals surface area contributed by atoms with Gasteiger partial charge in [-0.25, -0.2) is 0 Å². The Morgan fingerprint density at radius 3 is 2.80 bits per heavy atom. The van der Waals surface area contributed by atoms with Gasteiger partial charge in [-0.1, -0.05) is 0 Å². The Hall–Kier alpha value is -1.58. The second kappa shape index (κ2) is 6.01. The molecule has 0 atom stereocenters. The van der Waals surface area contributed by atoms with Crippen LogP contribution < -0.4 is 0 Å². The van der Waals surface area contributed by atoms with E-state index in [2.05, 4.69) is 4.74 Å². The summed E-state index contributed by atoms with van der Waals surface area (Å²) in [5.41, 5.74) is 0.873. The van der Waals surface area contributed by atoms with E-state index in [0.717, 1.165) is 5.56 Å². The molecule has 0 N–H and O–H groups in total. The zero-order valence-electron chi connectivity index (χ0n) is 8.69. The predicted octanol–water partition coefficient (Wildman–Crippen LogP) is 1.73. The van der Waals surface area contributed by atoms with E-state index in [1.165, 1.54) is 13.4 Å². The molecule has 0 fully saturated rings. The number of esters is 1. The van der Waals surface area contributed by atoms with Crippen molar-refractivity contribution in [2.24, 2.45) is 0 Å². The van der Waals surface area contributed by atoms with Gasteiger partial charge in [-0.15, -0.1) is 0 Å². The first-order valence-corrected chi connectivity index (χ1v) is 4.82. The lowest BCUT2D eigenvalue weighted by Crippen LogP contribution is -2.05. The Balaban J connectivity index is 2.17. The normalized spacial score (nSPS) is 9.93. The van der Waals surface area contributed by atoms with E-state index in [4.69, 9.17) is 4.42 Å². The molecular weight excluding hydrogens is 196 g/mol. The molecule has 82 valence electrons. The molecule has 1 heterocycles. The van der Waals surface area contributed by atoms with Crippen LogP contribution in [0.15, 0.2) is 23.0 Å². The summed E-state index contributed by atoms with van der Waals surface area (Å²) in [7, 11) is 1.34. The summed E-state index contributed by atoms with van der Waals surface area (Å²) in [6.07, 6.45) is 4.71. The van der Waals surface area contributed by atoms with Crippen molar-refractivity contribution >= 4 is 11.8 Å². The maximum atomic E-state index is 11.4. The van der Waals surface area contributed by atoms with Gasteiger partial charge < -0.3 is 9.15 Å². The van der Waals surface area contributed by atoms with Gasteiger partial charge in [-0.3, -0.25) is 9.59 Å².